The summed E-state index contributed by atoms with van der Waals surface area (Å²) in [7, 11) is 0. The first-order valence-corrected chi connectivity index (χ1v) is 8.12. The highest BCUT2D eigenvalue weighted by Crippen LogP contribution is 2.20. The number of carbonyl (C=O) groups is 1. The molecule has 0 spiro atoms. The molecule has 126 valence electrons. The van der Waals surface area contributed by atoms with Crippen LogP contribution < -0.4 is 10.6 Å². The molecule has 0 radical (unpaired) electrons. The van der Waals surface area contributed by atoms with Crippen molar-refractivity contribution in [1.82, 2.24) is 10.6 Å². The highest BCUT2D eigenvalue weighted by atomic mass is 16.5. The molecule has 0 saturated carbocycles. The van der Waals surface area contributed by atoms with Crippen LogP contribution in [0.2, 0.25) is 0 Å². The maximum Gasteiger partial charge on any atom is 0.315 e. The van der Waals surface area contributed by atoms with Crippen molar-refractivity contribution in [3.05, 3.63) is 70.8 Å². The van der Waals surface area contributed by atoms with Gasteiger partial charge in [0.05, 0.1) is 25.9 Å². The number of aliphatic hydroxyl groups is 1. The van der Waals surface area contributed by atoms with Crippen molar-refractivity contribution in [2.24, 2.45) is 0 Å². The molecule has 3 N–H and O–H groups in total. The molecule has 1 atom stereocenters. The van der Waals surface area contributed by atoms with Crippen molar-refractivity contribution in [2.75, 3.05) is 6.61 Å². The van der Waals surface area contributed by atoms with Gasteiger partial charge >= 0.3 is 6.03 Å². The molecule has 1 aliphatic heterocycles. The van der Waals surface area contributed by atoms with Crippen LogP contribution in [0, 0.1) is 0 Å². The summed E-state index contributed by atoms with van der Waals surface area (Å²) >= 11 is 0. The molecule has 24 heavy (non-hydrogen) atoms. The molecule has 3 rings (SSSR count). The quantitative estimate of drug-likeness (QED) is 0.761. The summed E-state index contributed by atoms with van der Waals surface area (Å²) in [6, 6.07) is 15.3. The van der Waals surface area contributed by atoms with Gasteiger partial charge < -0.3 is 20.5 Å². The molecule has 5 nitrogen and oxygen atoms in total. The van der Waals surface area contributed by atoms with Crippen LogP contribution in [0.5, 0.6) is 0 Å². The fourth-order valence-electron chi connectivity index (χ4n) is 2.81. The second kappa shape index (κ2) is 7.95. The van der Waals surface area contributed by atoms with Gasteiger partial charge in [-0.15, -0.1) is 0 Å². The minimum atomic E-state index is -0.305. The lowest BCUT2D eigenvalue weighted by Gasteiger charge is -2.17. The van der Waals surface area contributed by atoms with Crippen LogP contribution in [0.25, 0.3) is 0 Å². The standard InChI is InChI=1S/C19H22N2O3/c22-11-18(9-14-4-2-1-3-5-14)21-19(23)20-10-15-6-7-16-12-24-13-17(16)8-15/h1-8,18,22H,9-13H2,(H2,20,21,23)/t18-/m0/s1. The first-order valence-electron chi connectivity index (χ1n) is 8.12. The highest BCUT2D eigenvalue weighted by Gasteiger charge is 2.13. The summed E-state index contributed by atoms with van der Waals surface area (Å²) in [5, 5.41) is 15.1. The van der Waals surface area contributed by atoms with Gasteiger partial charge in [-0.1, -0.05) is 48.5 Å². The molecule has 0 unspecified atom stereocenters. The van der Waals surface area contributed by atoms with Crippen LogP contribution >= 0.6 is 0 Å². The molecule has 0 bridgehead atoms. The number of nitrogens with one attached hydrogen (secondary N) is 2. The predicted molar refractivity (Wildman–Crippen MR) is 91.3 cm³/mol. The van der Waals surface area contributed by atoms with E-state index in [0.717, 1.165) is 11.1 Å². The zero-order valence-corrected chi connectivity index (χ0v) is 13.5. The smallest absolute Gasteiger partial charge is 0.315 e. The number of ether oxygens (including phenoxy) is 1. The summed E-state index contributed by atoms with van der Waals surface area (Å²) in [5.41, 5.74) is 4.52. The summed E-state index contributed by atoms with van der Waals surface area (Å²) in [6.07, 6.45) is 0.598. The van der Waals surface area contributed by atoms with Gasteiger partial charge in [0.1, 0.15) is 0 Å². The Bertz CT molecular complexity index is 688. The van der Waals surface area contributed by atoms with Crippen molar-refractivity contribution in [1.29, 1.82) is 0 Å². The molecule has 0 fully saturated rings. The third kappa shape index (κ3) is 4.34. The van der Waals surface area contributed by atoms with Crippen LogP contribution in [0.1, 0.15) is 22.3 Å². The lowest BCUT2D eigenvalue weighted by Crippen LogP contribution is -2.44. The lowest BCUT2D eigenvalue weighted by atomic mass is 10.1. The Kier molecular flexibility index (Phi) is 5.46. The van der Waals surface area contributed by atoms with Gasteiger partial charge in [0.2, 0.25) is 0 Å². The van der Waals surface area contributed by atoms with Crippen molar-refractivity contribution >= 4 is 6.03 Å². The normalized spacial score (nSPS) is 14.0. The second-order valence-electron chi connectivity index (χ2n) is 5.99. The lowest BCUT2D eigenvalue weighted by molar-refractivity contribution is 0.134. The van der Waals surface area contributed by atoms with Gasteiger partial charge in [-0.2, -0.15) is 0 Å². The number of carbonyl (C=O) groups excluding carboxylic acids is 1. The van der Waals surface area contributed by atoms with Crippen LogP contribution in [0.15, 0.2) is 48.5 Å². The average molecular weight is 326 g/mol. The van der Waals surface area contributed by atoms with Gasteiger partial charge in [-0.25, -0.2) is 4.79 Å². The van der Waals surface area contributed by atoms with E-state index >= 15 is 0 Å². The van der Waals surface area contributed by atoms with Gasteiger partial charge in [-0.3, -0.25) is 0 Å². The van der Waals surface area contributed by atoms with E-state index in [0.29, 0.717) is 26.2 Å². The number of hydrogen-bond acceptors (Lipinski definition) is 3. The van der Waals surface area contributed by atoms with Crippen molar-refractivity contribution < 1.29 is 14.6 Å². The maximum atomic E-state index is 12.1. The molecule has 0 saturated heterocycles. The van der Waals surface area contributed by atoms with Gasteiger partial charge in [-0.05, 0) is 28.7 Å². The van der Waals surface area contributed by atoms with Crippen LogP contribution in [-0.2, 0) is 30.9 Å². The summed E-state index contributed by atoms with van der Waals surface area (Å²) < 4.78 is 5.39. The van der Waals surface area contributed by atoms with E-state index in [2.05, 4.69) is 16.7 Å². The fourth-order valence-corrected chi connectivity index (χ4v) is 2.81. The van der Waals surface area contributed by atoms with E-state index in [1.807, 2.05) is 42.5 Å². The third-order valence-electron chi connectivity index (χ3n) is 4.12. The van der Waals surface area contributed by atoms with Crippen LogP contribution in [0.4, 0.5) is 4.79 Å². The molecule has 2 aromatic carbocycles. The molecule has 0 aliphatic carbocycles. The number of hydrogen-bond donors (Lipinski definition) is 3. The molecule has 1 aliphatic rings. The van der Waals surface area contributed by atoms with Crippen molar-refractivity contribution in [3.63, 3.8) is 0 Å². The Balaban J connectivity index is 1.49. The van der Waals surface area contributed by atoms with E-state index < -0.39 is 0 Å². The SMILES string of the molecule is O=C(NCc1ccc2c(c1)COC2)N[C@H](CO)Cc1ccccc1. The Morgan fingerprint density at radius 1 is 1.08 bits per heavy atom. The highest BCUT2D eigenvalue weighted by molar-refractivity contribution is 5.74. The number of urea groups is 1. The molecular weight excluding hydrogens is 304 g/mol. The van der Waals surface area contributed by atoms with E-state index in [1.165, 1.54) is 11.1 Å². The summed E-state index contributed by atoms with van der Waals surface area (Å²) in [6.45, 7) is 1.65. The van der Waals surface area contributed by atoms with E-state index in [1.54, 1.807) is 0 Å². The minimum Gasteiger partial charge on any atom is -0.394 e. The minimum absolute atomic E-state index is 0.0987. The zero-order valence-electron chi connectivity index (χ0n) is 13.5. The molecular formula is C19H22N2O3. The Labute approximate surface area is 141 Å². The topological polar surface area (TPSA) is 70.6 Å². The Morgan fingerprint density at radius 2 is 1.88 bits per heavy atom. The Hall–Kier alpha value is -2.37. The zero-order chi connectivity index (χ0) is 16.8. The van der Waals surface area contributed by atoms with E-state index in [4.69, 9.17) is 4.74 Å². The number of amides is 2. The van der Waals surface area contributed by atoms with Crippen molar-refractivity contribution in [2.45, 2.75) is 32.2 Å². The van der Waals surface area contributed by atoms with Crippen LogP contribution in [-0.4, -0.2) is 23.8 Å². The fraction of sp³-hybridized carbons (Fsp3) is 0.316. The maximum absolute atomic E-state index is 12.1. The van der Waals surface area contributed by atoms with Crippen LogP contribution in [0.3, 0.4) is 0 Å². The third-order valence-corrected chi connectivity index (χ3v) is 4.12. The number of benzene rings is 2. The molecule has 2 amide bonds. The van der Waals surface area contributed by atoms with Gasteiger partial charge in [0.15, 0.2) is 0 Å². The van der Waals surface area contributed by atoms with E-state index in [9.17, 15) is 9.90 Å². The Morgan fingerprint density at radius 3 is 2.67 bits per heavy atom. The average Bonchev–Trinajstić information content (AvgIpc) is 3.08. The van der Waals surface area contributed by atoms with Gasteiger partial charge in [0, 0.05) is 6.54 Å². The molecule has 1 heterocycles. The number of fused-ring (bicyclic) bond motifs is 1. The number of aliphatic hydroxyl groups excluding tert-OH is 1. The monoisotopic (exact) mass is 326 g/mol. The number of rotatable bonds is 6. The summed E-state index contributed by atoms with van der Waals surface area (Å²) in [5.74, 6) is 0. The van der Waals surface area contributed by atoms with E-state index in [-0.39, 0.29) is 18.7 Å². The largest absolute Gasteiger partial charge is 0.394 e. The van der Waals surface area contributed by atoms with Crippen molar-refractivity contribution in [3.8, 4) is 0 Å². The molecule has 2 aromatic rings. The predicted octanol–water partition coefficient (Wildman–Crippen LogP) is 2.12. The molecule has 5 heteroatoms. The first-order chi connectivity index (χ1) is 11.7. The molecule has 0 aromatic heterocycles. The second-order valence-corrected chi connectivity index (χ2v) is 5.99. The summed E-state index contributed by atoms with van der Waals surface area (Å²) in [4.78, 5) is 12.1. The first kappa shape index (κ1) is 16.5. The van der Waals surface area contributed by atoms with Gasteiger partial charge in [0.25, 0.3) is 0 Å².